The van der Waals surface area contributed by atoms with Gasteiger partial charge in [0.25, 0.3) is 0 Å². The second kappa shape index (κ2) is 3.61. The fourth-order valence-corrected chi connectivity index (χ4v) is 2.08. The Bertz CT molecular complexity index is 312. The number of aliphatic imine (C=N–C) groups is 1. The molecule has 0 atom stereocenters. The summed E-state index contributed by atoms with van der Waals surface area (Å²) in [5, 5.41) is -0.171. The van der Waals surface area contributed by atoms with Gasteiger partial charge in [-0.25, -0.2) is 0 Å². The van der Waals surface area contributed by atoms with E-state index in [1.54, 1.807) is 0 Å². The zero-order valence-corrected chi connectivity index (χ0v) is 8.42. The van der Waals surface area contributed by atoms with Crippen molar-refractivity contribution in [3.63, 3.8) is 0 Å². The van der Waals surface area contributed by atoms with Crippen molar-refractivity contribution in [1.82, 2.24) is 4.90 Å². The molecule has 0 unspecified atom stereocenters. The third-order valence-electron chi connectivity index (χ3n) is 2.19. The van der Waals surface area contributed by atoms with Gasteiger partial charge in [0.1, 0.15) is 5.84 Å². The summed E-state index contributed by atoms with van der Waals surface area (Å²) >= 11 is 1.17. The molecule has 0 saturated heterocycles. The summed E-state index contributed by atoms with van der Waals surface area (Å²) in [4.78, 5) is 27.5. The number of nitrogens with two attached hydrogens (primary N) is 1. The average Bonchev–Trinajstić information content (AvgIpc) is 2.85. The summed E-state index contributed by atoms with van der Waals surface area (Å²) in [6, 6.07) is 0.368. The van der Waals surface area contributed by atoms with Gasteiger partial charge in [0.2, 0.25) is 5.91 Å². The largest absolute Gasteiger partial charge is 0.368 e. The van der Waals surface area contributed by atoms with Gasteiger partial charge in [-0.05, 0) is 12.8 Å². The van der Waals surface area contributed by atoms with E-state index < -0.39 is 0 Å². The molecule has 1 aliphatic heterocycles. The van der Waals surface area contributed by atoms with Crippen LogP contribution in [0.5, 0.6) is 0 Å². The molecule has 6 heteroatoms. The van der Waals surface area contributed by atoms with Crippen LogP contribution in [0.4, 0.5) is 4.79 Å². The molecule has 1 heterocycles. The number of primary amides is 1. The number of hydrogen-bond donors (Lipinski definition) is 1. The molecule has 5 nitrogen and oxygen atoms in total. The highest BCUT2D eigenvalue weighted by molar-refractivity contribution is 8.14. The first-order chi connectivity index (χ1) is 6.66. The zero-order valence-electron chi connectivity index (χ0n) is 7.60. The third kappa shape index (κ3) is 2.06. The number of rotatable bonds is 3. The molecule has 0 radical (unpaired) electrons. The summed E-state index contributed by atoms with van der Waals surface area (Å²) in [5.41, 5.74) is 5.13. The van der Waals surface area contributed by atoms with Crippen LogP contribution in [0.2, 0.25) is 0 Å². The Labute approximate surface area is 85.7 Å². The van der Waals surface area contributed by atoms with Crippen molar-refractivity contribution in [2.24, 2.45) is 10.7 Å². The van der Waals surface area contributed by atoms with Crippen LogP contribution < -0.4 is 5.73 Å². The number of amides is 2. The van der Waals surface area contributed by atoms with E-state index >= 15 is 0 Å². The van der Waals surface area contributed by atoms with Gasteiger partial charge in [-0.1, -0.05) is 11.8 Å². The van der Waals surface area contributed by atoms with E-state index in [0.717, 1.165) is 12.8 Å². The second-order valence-corrected chi connectivity index (χ2v) is 4.33. The molecule has 14 heavy (non-hydrogen) atoms. The Balaban J connectivity index is 2.06. The van der Waals surface area contributed by atoms with Gasteiger partial charge < -0.3 is 10.6 Å². The standard InChI is InChI=1S/C8H11N3O2S/c9-6(12)3-11(5-1-2-5)7-4-14-8(13)10-7/h5H,1-4H2,(H2,9,12). The van der Waals surface area contributed by atoms with Gasteiger partial charge >= 0.3 is 5.24 Å². The third-order valence-corrected chi connectivity index (χ3v) is 2.93. The van der Waals surface area contributed by atoms with Crippen molar-refractivity contribution in [3.05, 3.63) is 0 Å². The molecule has 1 saturated carbocycles. The first-order valence-electron chi connectivity index (χ1n) is 4.46. The predicted octanol–water partition coefficient (Wildman–Crippen LogP) is 0.201. The van der Waals surface area contributed by atoms with Crippen molar-refractivity contribution < 1.29 is 9.59 Å². The van der Waals surface area contributed by atoms with Crippen molar-refractivity contribution in [2.75, 3.05) is 12.3 Å². The molecule has 76 valence electrons. The summed E-state index contributed by atoms with van der Waals surface area (Å²) in [7, 11) is 0. The van der Waals surface area contributed by atoms with E-state index in [2.05, 4.69) is 4.99 Å². The predicted molar refractivity (Wildman–Crippen MR) is 54.2 cm³/mol. The summed E-state index contributed by atoms with van der Waals surface area (Å²) < 4.78 is 0. The van der Waals surface area contributed by atoms with Crippen molar-refractivity contribution in [2.45, 2.75) is 18.9 Å². The number of hydrogen-bond acceptors (Lipinski definition) is 4. The molecule has 0 bridgehead atoms. The van der Waals surface area contributed by atoms with Gasteiger partial charge in [-0.2, -0.15) is 4.99 Å². The number of carbonyl (C=O) groups is 2. The van der Waals surface area contributed by atoms with Crippen LogP contribution in [0.25, 0.3) is 0 Å². The average molecular weight is 213 g/mol. The maximum atomic E-state index is 10.9. The van der Waals surface area contributed by atoms with Gasteiger partial charge in [0, 0.05) is 6.04 Å². The van der Waals surface area contributed by atoms with Crippen molar-refractivity contribution in [3.8, 4) is 0 Å². The summed E-state index contributed by atoms with van der Waals surface area (Å²) in [6.07, 6.45) is 2.12. The minimum atomic E-state index is -0.371. The molecule has 0 spiro atoms. The molecule has 2 amide bonds. The number of amidine groups is 1. The van der Waals surface area contributed by atoms with Gasteiger partial charge in [-0.15, -0.1) is 0 Å². The van der Waals surface area contributed by atoms with Gasteiger partial charge in [-0.3, -0.25) is 9.59 Å². The quantitative estimate of drug-likeness (QED) is 0.726. The van der Waals surface area contributed by atoms with Crippen molar-refractivity contribution >= 4 is 28.7 Å². The highest BCUT2D eigenvalue weighted by Crippen LogP contribution is 2.29. The lowest BCUT2D eigenvalue weighted by Crippen LogP contribution is -2.40. The molecule has 0 aromatic rings. The van der Waals surface area contributed by atoms with E-state index in [4.69, 9.17) is 5.73 Å². The van der Waals surface area contributed by atoms with E-state index in [-0.39, 0.29) is 17.7 Å². The Morgan fingerprint density at radius 3 is 2.79 bits per heavy atom. The second-order valence-electron chi connectivity index (χ2n) is 3.41. The van der Waals surface area contributed by atoms with E-state index in [0.29, 0.717) is 17.6 Å². The van der Waals surface area contributed by atoms with Crippen LogP contribution in [0.1, 0.15) is 12.8 Å². The maximum absolute atomic E-state index is 10.9. The SMILES string of the molecule is NC(=O)CN(C1=NC(=O)SC1)C1CC1. The molecule has 1 aliphatic carbocycles. The lowest BCUT2D eigenvalue weighted by molar-refractivity contribution is -0.118. The van der Waals surface area contributed by atoms with Crippen LogP contribution in [0.15, 0.2) is 4.99 Å². The fraction of sp³-hybridized carbons (Fsp3) is 0.625. The highest BCUT2D eigenvalue weighted by Gasteiger charge is 2.34. The molecule has 2 N–H and O–H groups in total. The monoisotopic (exact) mass is 213 g/mol. The Hall–Kier alpha value is -1.04. The number of thioether (sulfide) groups is 1. The Morgan fingerprint density at radius 2 is 2.36 bits per heavy atom. The minimum Gasteiger partial charge on any atom is -0.368 e. The van der Waals surface area contributed by atoms with Crippen LogP contribution >= 0.6 is 11.8 Å². The summed E-state index contributed by atoms with van der Waals surface area (Å²) in [5.74, 6) is 0.910. The first-order valence-corrected chi connectivity index (χ1v) is 5.44. The highest BCUT2D eigenvalue weighted by atomic mass is 32.2. The molecule has 2 rings (SSSR count). The number of nitrogens with zero attached hydrogens (tertiary/aromatic N) is 2. The fourth-order valence-electron chi connectivity index (χ4n) is 1.43. The van der Waals surface area contributed by atoms with E-state index in [1.807, 2.05) is 4.90 Å². The van der Waals surface area contributed by atoms with E-state index in [1.165, 1.54) is 11.8 Å². The Kier molecular flexibility index (Phi) is 2.45. The lowest BCUT2D eigenvalue weighted by atomic mass is 10.4. The van der Waals surface area contributed by atoms with Crippen LogP contribution in [-0.2, 0) is 4.79 Å². The molecular formula is C8H11N3O2S. The topological polar surface area (TPSA) is 75.8 Å². The molecule has 1 fully saturated rings. The molecular weight excluding hydrogens is 202 g/mol. The first kappa shape index (κ1) is 9.51. The zero-order chi connectivity index (χ0) is 10.1. The van der Waals surface area contributed by atoms with Crippen molar-refractivity contribution in [1.29, 1.82) is 0 Å². The number of carbonyl (C=O) groups excluding carboxylic acids is 2. The maximum Gasteiger partial charge on any atom is 0.306 e. The normalized spacial score (nSPS) is 20.9. The van der Waals surface area contributed by atoms with Crippen LogP contribution in [-0.4, -0.2) is 40.2 Å². The van der Waals surface area contributed by atoms with E-state index in [9.17, 15) is 9.59 Å². The lowest BCUT2D eigenvalue weighted by Gasteiger charge is -2.21. The molecule has 2 aliphatic rings. The minimum absolute atomic E-state index is 0.171. The molecule has 0 aromatic carbocycles. The summed E-state index contributed by atoms with van der Waals surface area (Å²) in [6.45, 7) is 0.178. The van der Waals surface area contributed by atoms with Gasteiger partial charge in [0.15, 0.2) is 0 Å². The Morgan fingerprint density at radius 1 is 1.64 bits per heavy atom. The molecule has 0 aromatic heterocycles. The van der Waals surface area contributed by atoms with Crippen LogP contribution in [0.3, 0.4) is 0 Å². The smallest absolute Gasteiger partial charge is 0.306 e. The van der Waals surface area contributed by atoms with Crippen LogP contribution in [0, 0.1) is 0 Å². The van der Waals surface area contributed by atoms with Gasteiger partial charge in [0.05, 0.1) is 12.3 Å².